The predicted molar refractivity (Wildman–Crippen MR) is 56.3 cm³/mol. The van der Waals surface area contributed by atoms with Crippen molar-refractivity contribution in [2.24, 2.45) is 0 Å². The van der Waals surface area contributed by atoms with Crippen molar-refractivity contribution >= 4 is 5.97 Å². The quantitative estimate of drug-likeness (QED) is 0.817. The molecule has 0 amide bonds. The van der Waals surface area contributed by atoms with Gasteiger partial charge in [-0.1, -0.05) is 39.8 Å². The fraction of sp³-hybridized carbons (Fsp3) is 0.636. The number of nitrogens with zero attached hydrogens (tertiary/aromatic N) is 1. The Balaban J connectivity index is 3.37. The minimum absolute atomic E-state index is 0.0370. The van der Waals surface area contributed by atoms with Crippen molar-refractivity contribution in [2.75, 3.05) is 0 Å². The van der Waals surface area contributed by atoms with Crippen LogP contribution in [0.1, 0.15) is 62.3 Å². The van der Waals surface area contributed by atoms with Crippen LogP contribution in [0.4, 0.5) is 0 Å². The Kier molecular flexibility index (Phi) is 2.88. The molecule has 0 unspecified atom stereocenters. The zero-order chi connectivity index (χ0) is 11.8. The lowest BCUT2D eigenvalue weighted by Gasteiger charge is -2.17. The zero-order valence-electron chi connectivity index (χ0n) is 9.79. The molecule has 0 atom stereocenters. The highest BCUT2D eigenvalue weighted by Crippen LogP contribution is 2.32. The number of carboxylic acid groups (broad SMARTS) is 1. The largest absolute Gasteiger partial charge is 0.476 e. The molecule has 0 saturated heterocycles. The third-order valence-corrected chi connectivity index (χ3v) is 2.19. The molecule has 0 radical (unpaired) electrons. The Morgan fingerprint density at radius 1 is 1.40 bits per heavy atom. The van der Waals surface area contributed by atoms with Gasteiger partial charge in [0.15, 0.2) is 5.69 Å². The number of aromatic nitrogens is 1. The summed E-state index contributed by atoms with van der Waals surface area (Å²) in [5.41, 5.74) is 0.519. The van der Waals surface area contributed by atoms with Crippen molar-refractivity contribution in [3.05, 3.63) is 17.0 Å². The van der Waals surface area contributed by atoms with Crippen LogP contribution in [0.2, 0.25) is 0 Å². The predicted octanol–water partition coefficient (Wildman–Crippen LogP) is 2.79. The summed E-state index contributed by atoms with van der Waals surface area (Å²) in [6, 6.07) is 0. The Hall–Kier alpha value is -1.32. The van der Waals surface area contributed by atoms with Gasteiger partial charge < -0.3 is 9.63 Å². The topological polar surface area (TPSA) is 63.3 Å². The summed E-state index contributed by atoms with van der Waals surface area (Å²) in [5, 5.41) is 12.6. The van der Waals surface area contributed by atoms with E-state index in [0.29, 0.717) is 11.3 Å². The molecule has 0 spiro atoms. The van der Waals surface area contributed by atoms with Crippen molar-refractivity contribution in [3.63, 3.8) is 0 Å². The van der Waals surface area contributed by atoms with E-state index in [4.69, 9.17) is 9.63 Å². The third kappa shape index (κ3) is 2.19. The van der Waals surface area contributed by atoms with Crippen molar-refractivity contribution in [1.29, 1.82) is 0 Å². The molecule has 0 aliphatic rings. The molecule has 4 nitrogen and oxygen atoms in total. The fourth-order valence-corrected chi connectivity index (χ4v) is 1.53. The van der Waals surface area contributed by atoms with Gasteiger partial charge in [-0.25, -0.2) is 4.79 Å². The third-order valence-electron chi connectivity index (χ3n) is 2.19. The molecule has 0 aromatic carbocycles. The molecule has 0 aliphatic carbocycles. The highest BCUT2D eigenvalue weighted by atomic mass is 16.5. The maximum atomic E-state index is 10.9. The Bertz CT molecular complexity index is 372. The maximum Gasteiger partial charge on any atom is 0.358 e. The normalized spacial score (nSPS) is 12.1. The van der Waals surface area contributed by atoms with E-state index >= 15 is 0 Å². The average molecular weight is 211 g/mol. The molecule has 1 N–H and O–H groups in total. The van der Waals surface area contributed by atoms with Gasteiger partial charge in [-0.2, -0.15) is 0 Å². The van der Waals surface area contributed by atoms with E-state index in [1.165, 1.54) is 0 Å². The Morgan fingerprint density at radius 3 is 2.27 bits per heavy atom. The van der Waals surface area contributed by atoms with Crippen molar-refractivity contribution in [1.82, 2.24) is 5.16 Å². The SMILES string of the molecule is CC(C)c1c(C(=O)O)noc1C(C)(C)C. The molecule has 1 rings (SSSR count). The van der Waals surface area contributed by atoms with Crippen LogP contribution in [-0.2, 0) is 5.41 Å². The zero-order valence-corrected chi connectivity index (χ0v) is 9.79. The van der Waals surface area contributed by atoms with Crippen LogP contribution in [0.5, 0.6) is 0 Å². The van der Waals surface area contributed by atoms with E-state index in [0.717, 1.165) is 0 Å². The molecule has 1 aromatic rings. The summed E-state index contributed by atoms with van der Waals surface area (Å²) < 4.78 is 5.15. The lowest BCUT2D eigenvalue weighted by Crippen LogP contribution is -2.14. The van der Waals surface area contributed by atoms with Gasteiger partial charge in [0.05, 0.1) is 0 Å². The van der Waals surface area contributed by atoms with Crippen LogP contribution in [0.15, 0.2) is 4.52 Å². The maximum absolute atomic E-state index is 10.9. The minimum atomic E-state index is -1.03. The summed E-state index contributed by atoms with van der Waals surface area (Å²) in [5.74, 6) is -0.274. The number of hydrogen-bond acceptors (Lipinski definition) is 3. The molecule has 1 aromatic heterocycles. The molecule has 0 fully saturated rings. The first-order chi connectivity index (χ1) is 6.75. The van der Waals surface area contributed by atoms with Crippen LogP contribution in [-0.4, -0.2) is 16.2 Å². The molecule has 0 bridgehead atoms. The van der Waals surface area contributed by atoms with E-state index < -0.39 is 5.97 Å². The average Bonchev–Trinajstić information content (AvgIpc) is 2.45. The Morgan fingerprint density at radius 2 is 1.93 bits per heavy atom. The van der Waals surface area contributed by atoms with E-state index in [-0.39, 0.29) is 17.0 Å². The van der Waals surface area contributed by atoms with Gasteiger partial charge in [0, 0.05) is 11.0 Å². The van der Waals surface area contributed by atoms with Crippen LogP contribution in [0.3, 0.4) is 0 Å². The fourth-order valence-electron chi connectivity index (χ4n) is 1.53. The lowest BCUT2D eigenvalue weighted by atomic mass is 9.86. The number of rotatable bonds is 2. The van der Waals surface area contributed by atoms with Gasteiger partial charge in [-0.15, -0.1) is 0 Å². The van der Waals surface area contributed by atoms with E-state index in [2.05, 4.69) is 5.16 Å². The second-order valence-electron chi connectivity index (χ2n) is 4.98. The van der Waals surface area contributed by atoms with Gasteiger partial charge in [-0.05, 0) is 5.92 Å². The summed E-state index contributed by atoms with van der Waals surface area (Å²) >= 11 is 0. The van der Waals surface area contributed by atoms with Gasteiger partial charge in [0.1, 0.15) is 5.76 Å². The van der Waals surface area contributed by atoms with Gasteiger partial charge in [0.2, 0.25) is 0 Å². The molecular weight excluding hydrogens is 194 g/mol. The first-order valence-electron chi connectivity index (χ1n) is 4.98. The number of hydrogen-bond donors (Lipinski definition) is 1. The van der Waals surface area contributed by atoms with Crippen LogP contribution in [0.25, 0.3) is 0 Å². The summed E-state index contributed by atoms with van der Waals surface area (Å²) in [6.45, 7) is 9.81. The number of aromatic carboxylic acids is 1. The molecule has 4 heteroatoms. The molecule has 84 valence electrons. The first kappa shape index (κ1) is 11.8. The Labute approximate surface area is 89.3 Å². The number of carbonyl (C=O) groups is 1. The second kappa shape index (κ2) is 3.68. The van der Waals surface area contributed by atoms with Crippen LogP contribution >= 0.6 is 0 Å². The van der Waals surface area contributed by atoms with Gasteiger partial charge >= 0.3 is 5.97 Å². The van der Waals surface area contributed by atoms with E-state index in [1.54, 1.807) is 0 Å². The second-order valence-corrected chi connectivity index (χ2v) is 4.98. The first-order valence-corrected chi connectivity index (χ1v) is 4.98. The molecule has 15 heavy (non-hydrogen) atoms. The molecule has 0 aliphatic heterocycles. The highest BCUT2D eigenvalue weighted by Gasteiger charge is 2.30. The number of carboxylic acids is 1. The summed E-state index contributed by atoms with van der Waals surface area (Å²) in [4.78, 5) is 10.9. The van der Waals surface area contributed by atoms with Gasteiger partial charge in [-0.3, -0.25) is 0 Å². The van der Waals surface area contributed by atoms with E-state index in [1.807, 2.05) is 34.6 Å². The smallest absolute Gasteiger partial charge is 0.358 e. The molecule has 1 heterocycles. The van der Waals surface area contributed by atoms with Crippen molar-refractivity contribution < 1.29 is 14.4 Å². The summed E-state index contributed by atoms with van der Waals surface area (Å²) in [7, 11) is 0. The summed E-state index contributed by atoms with van der Waals surface area (Å²) in [6.07, 6.45) is 0. The van der Waals surface area contributed by atoms with Crippen LogP contribution in [0, 0.1) is 0 Å². The standard InChI is InChI=1S/C11H17NO3/c1-6(2)7-8(10(13)14)12-15-9(7)11(3,4)5/h6H,1-5H3,(H,13,14). The molecular formula is C11H17NO3. The minimum Gasteiger partial charge on any atom is -0.476 e. The highest BCUT2D eigenvalue weighted by molar-refractivity contribution is 5.87. The monoisotopic (exact) mass is 211 g/mol. The van der Waals surface area contributed by atoms with Crippen LogP contribution < -0.4 is 0 Å². The van der Waals surface area contributed by atoms with E-state index in [9.17, 15) is 4.79 Å². The molecule has 0 saturated carbocycles. The van der Waals surface area contributed by atoms with Gasteiger partial charge in [0.25, 0.3) is 0 Å². The van der Waals surface area contributed by atoms with Crippen molar-refractivity contribution in [2.45, 2.75) is 46.0 Å². The lowest BCUT2D eigenvalue weighted by molar-refractivity contribution is 0.0684. The van der Waals surface area contributed by atoms with Crippen molar-refractivity contribution in [3.8, 4) is 0 Å².